The van der Waals surface area contributed by atoms with Crippen LogP contribution in [0, 0.1) is 0 Å². The molecule has 0 bridgehead atoms. The lowest BCUT2D eigenvalue weighted by atomic mass is 10.1. The third-order valence-corrected chi connectivity index (χ3v) is 4.41. The number of benzene rings is 1. The smallest absolute Gasteiger partial charge is 0.131 e. The quantitative estimate of drug-likeness (QED) is 0.937. The van der Waals surface area contributed by atoms with E-state index in [1.165, 1.54) is 0 Å². The molecule has 6 heteroatoms. The van der Waals surface area contributed by atoms with Crippen molar-refractivity contribution in [2.45, 2.75) is 6.54 Å². The molecule has 1 aromatic carbocycles. The molecule has 0 atom stereocenters. The van der Waals surface area contributed by atoms with E-state index in [1.807, 2.05) is 18.2 Å². The van der Waals surface area contributed by atoms with Crippen molar-refractivity contribution in [3.8, 4) is 21.9 Å². The van der Waals surface area contributed by atoms with Gasteiger partial charge in [0, 0.05) is 18.2 Å². The van der Waals surface area contributed by atoms with Crippen molar-refractivity contribution < 1.29 is 9.47 Å². The molecule has 0 aliphatic heterocycles. The predicted octanol–water partition coefficient (Wildman–Crippen LogP) is 3.05. The third-order valence-electron chi connectivity index (χ3n) is 2.46. The molecule has 0 amide bonds. The molecular weight excluding hydrogens is 316 g/mol. The first kappa shape index (κ1) is 13.3. The van der Waals surface area contributed by atoms with E-state index in [0.717, 1.165) is 31.6 Å². The second kappa shape index (κ2) is 5.69. The molecule has 0 unspecified atom stereocenters. The Morgan fingerprint density at radius 3 is 2.67 bits per heavy atom. The van der Waals surface area contributed by atoms with E-state index in [9.17, 15) is 0 Å². The standard InChI is InChI=1S/C12H13BrN2O2S/c1-16-7-3-4-8(9(5-7)17-2)11-12(13)15-10(6-14)18-11/h3-5H,6,14H2,1-2H3. The van der Waals surface area contributed by atoms with E-state index >= 15 is 0 Å². The topological polar surface area (TPSA) is 57.4 Å². The lowest BCUT2D eigenvalue weighted by molar-refractivity contribution is 0.395. The zero-order valence-electron chi connectivity index (χ0n) is 10.1. The molecule has 1 heterocycles. The second-order valence-electron chi connectivity index (χ2n) is 3.50. The normalized spacial score (nSPS) is 10.4. The molecular formula is C12H13BrN2O2S. The predicted molar refractivity (Wildman–Crippen MR) is 76.2 cm³/mol. The van der Waals surface area contributed by atoms with Crippen LogP contribution in [0.2, 0.25) is 0 Å². The number of methoxy groups -OCH3 is 2. The van der Waals surface area contributed by atoms with Gasteiger partial charge in [0.1, 0.15) is 21.1 Å². The lowest BCUT2D eigenvalue weighted by Gasteiger charge is -2.09. The van der Waals surface area contributed by atoms with Gasteiger partial charge >= 0.3 is 0 Å². The van der Waals surface area contributed by atoms with Crippen LogP contribution in [0.5, 0.6) is 11.5 Å². The van der Waals surface area contributed by atoms with E-state index in [0.29, 0.717) is 6.54 Å². The fourth-order valence-corrected chi connectivity index (χ4v) is 3.23. The first-order valence-electron chi connectivity index (χ1n) is 5.27. The van der Waals surface area contributed by atoms with Gasteiger partial charge in [0.2, 0.25) is 0 Å². The van der Waals surface area contributed by atoms with Gasteiger partial charge in [-0.3, -0.25) is 0 Å². The zero-order chi connectivity index (χ0) is 13.1. The summed E-state index contributed by atoms with van der Waals surface area (Å²) in [6.07, 6.45) is 0. The van der Waals surface area contributed by atoms with E-state index in [-0.39, 0.29) is 0 Å². The molecule has 2 N–H and O–H groups in total. The molecule has 0 aliphatic carbocycles. The Kier molecular flexibility index (Phi) is 4.21. The molecule has 0 aliphatic rings. The summed E-state index contributed by atoms with van der Waals surface area (Å²) >= 11 is 5.00. The van der Waals surface area contributed by atoms with Crippen molar-refractivity contribution in [3.05, 3.63) is 27.8 Å². The maximum absolute atomic E-state index is 5.60. The minimum absolute atomic E-state index is 0.432. The van der Waals surface area contributed by atoms with Gasteiger partial charge in [-0.25, -0.2) is 4.98 Å². The van der Waals surface area contributed by atoms with Gasteiger partial charge in [-0.05, 0) is 28.1 Å². The van der Waals surface area contributed by atoms with E-state index < -0.39 is 0 Å². The molecule has 0 radical (unpaired) electrons. The van der Waals surface area contributed by atoms with E-state index in [2.05, 4.69) is 20.9 Å². The van der Waals surface area contributed by atoms with Gasteiger partial charge < -0.3 is 15.2 Å². The average Bonchev–Trinajstić information content (AvgIpc) is 2.79. The summed E-state index contributed by atoms with van der Waals surface area (Å²) in [6.45, 7) is 0.432. The van der Waals surface area contributed by atoms with E-state index in [1.54, 1.807) is 25.6 Å². The van der Waals surface area contributed by atoms with Gasteiger partial charge in [0.25, 0.3) is 0 Å². The van der Waals surface area contributed by atoms with Crippen LogP contribution < -0.4 is 15.2 Å². The van der Waals surface area contributed by atoms with Gasteiger partial charge in [0.15, 0.2) is 0 Å². The van der Waals surface area contributed by atoms with Crippen LogP contribution in [0.15, 0.2) is 22.8 Å². The lowest BCUT2D eigenvalue weighted by Crippen LogP contribution is -1.93. The molecule has 2 rings (SSSR count). The van der Waals surface area contributed by atoms with Gasteiger partial charge in [-0.15, -0.1) is 11.3 Å². The van der Waals surface area contributed by atoms with Crippen LogP contribution >= 0.6 is 27.3 Å². The van der Waals surface area contributed by atoms with E-state index in [4.69, 9.17) is 15.2 Å². The molecule has 96 valence electrons. The highest BCUT2D eigenvalue weighted by molar-refractivity contribution is 9.10. The van der Waals surface area contributed by atoms with Crippen LogP contribution in [0.3, 0.4) is 0 Å². The fourth-order valence-electron chi connectivity index (χ4n) is 1.58. The summed E-state index contributed by atoms with van der Waals surface area (Å²) < 4.78 is 11.4. The van der Waals surface area contributed by atoms with Crippen molar-refractivity contribution in [3.63, 3.8) is 0 Å². The largest absolute Gasteiger partial charge is 0.497 e. The van der Waals surface area contributed by atoms with Crippen molar-refractivity contribution in [2.24, 2.45) is 5.73 Å². The highest BCUT2D eigenvalue weighted by atomic mass is 79.9. The first-order chi connectivity index (χ1) is 8.69. The van der Waals surface area contributed by atoms with Gasteiger partial charge in [0.05, 0.1) is 19.1 Å². The number of aromatic nitrogens is 1. The number of halogens is 1. The Morgan fingerprint density at radius 1 is 1.33 bits per heavy atom. The number of ether oxygens (including phenoxy) is 2. The molecule has 0 saturated carbocycles. The number of rotatable bonds is 4. The number of hydrogen-bond acceptors (Lipinski definition) is 5. The molecule has 2 aromatic rings. The van der Waals surface area contributed by atoms with Crippen LogP contribution in [0.25, 0.3) is 10.4 Å². The van der Waals surface area contributed by atoms with Crippen molar-refractivity contribution in [1.29, 1.82) is 0 Å². The van der Waals surface area contributed by atoms with Crippen LogP contribution in [-0.4, -0.2) is 19.2 Å². The minimum atomic E-state index is 0.432. The molecule has 4 nitrogen and oxygen atoms in total. The Balaban J connectivity index is 2.52. The summed E-state index contributed by atoms with van der Waals surface area (Å²) in [5.41, 5.74) is 6.58. The maximum atomic E-state index is 5.60. The van der Waals surface area contributed by atoms with Gasteiger partial charge in [-0.2, -0.15) is 0 Å². The Bertz CT molecular complexity index is 557. The summed E-state index contributed by atoms with van der Waals surface area (Å²) in [4.78, 5) is 5.36. The van der Waals surface area contributed by atoms with Crippen LogP contribution in [0.1, 0.15) is 5.01 Å². The molecule has 0 saturated heterocycles. The summed E-state index contributed by atoms with van der Waals surface area (Å²) in [7, 11) is 3.26. The van der Waals surface area contributed by atoms with Crippen molar-refractivity contribution in [2.75, 3.05) is 14.2 Å². The molecule has 1 aromatic heterocycles. The minimum Gasteiger partial charge on any atom is -0.497 e. The van der Waals surface area contributed by atoms with Crippen molar-refractivity contribution in [1.82, 2.24) is 4.98 Å². The summed E-state index contributed by atoms with van der Waals surface area (Å²) in [6, 6.07) is 5.70. The maximum Gasteiger partial charge on any atom is 0.131 e. The van der Waals surface area contributed by atoms with Crippen molar-refractivity contribution >= 4 is 27.3 Å². The number of nitrogens with two attached hydrogens (primary N) is 1. The highest BCUT2D eigenvalue weighted by Gasteiger charge is 2.15. The van der Waals surface area contributed by atoms with Gasteiger partial charge in [-0.1, -0.05) is 0 Å². The Morgan fingerprint density at radius 2 is 2.11 bits per heavy atom. The highest BCUT2D eigenvalue weighted by Crippen LogP contribution is 2.40. The average molecular weight is 329 g/mol. The second-order valence-corrected chi connectivity index (χ2v) is 5.33. The molecule has 0 fully saturated rings. The Labute approximate surface area is 118 Å². The Hall–Kier alpha value is -1.11. The first-order valence-corrected chi connectivity index (χ1v) is 6.88. The van der Waals surface area contributed by atoms with Crippen LogP contribution in [0.4, 0.5) is 0 Å². The number of nitrogens with zero attached hydrogens (tertiary/aromatic N) is 1. The SMILES string of the molecule is COc1ccc(-c2sc(CN)nc2Br)c(OC)c1. The fraction of sp³-hybridized carbons (Fsp3) is 0.250. The molecule has 0 spiro atoms. The number of hydrogen-bond donors (Lipinski definition) is 1. The third kappa shape index (κ3) is 2.50. The van der Waals surface area contributed by atoms with Crippen LogP contribution in [-0.2, 0) is 6.54 Å². The summed E-state index contributed by atoms with van der Waals surface area (Å²) in [5.74, 6) is 1.51. The monoisotopic (exact) mass is 328 g/mol. The number of thiazole rings is 1. The zero-order valence-corrected chi connectivity index (χ0v) is 12.5. The summed E-state index contributed by atoms with van der Waals surface area (Å²) in [5, 5.41) is 0.884. The molecule has 18 heavy (non-hydrogen) atoms.